The van der Waals surface area contributed by atoms with E-state index in [0.717, 1.165) is 0 Å². The number of carboxylic acids is 1. The van der Waals surface area contributed by atoms with Crippen LogP contribution in [0.25, 0.3) is 11.0 Å². The van der Waals surface area contributed by atoms with E-state index in [1.54, 1.807) is 43.3 Å². The molecule has 1 aromatic heterocycles. The van der Waals surface area contributed by atoms with Crippen molar-refractivity contribution in [2.45, 2.75) is 24.3 Å². The Morgan fingerprint density at radius 2 is 1.81 bits per heavy atom. The number of carbonyl (C=O) groups excluding carboxylic acids is 1. The van der Waals surface area contributed by atoms with E-state index < -0.39 is 27.9 Å². The number of sulfonamides is 1. The van der Waals surface area contributed by atoms with E-state index in [4.69, 9.17) is 5.26 Å². The van der Waals surface area contributed by atoms with Crippen molar-refractivity contribution in [1.29, 1.82) is 5.26 Å². The largest absolute Gasteiger partial charge is 0.480 e. The number of hydrogen-bond acceptors (Lipinski definition) is 7. The summed E-state index contributed by atoms with van der Waals surface area (Å²) < 4.78 is 29.0. The Kier molecular flexibility index (Phi) is 7.13. The minimum atomic E-state index is -4.19. The topological polar surface area (TPSA) is 162 Å². The first kappa shape index (κ1) is 25.3. The molecular weight excluding hydrogens is 494 g/mol. The van der Waals surface area contributed by atoms with E-state index in [9.17, 15) is 23.1 Å². The van der Waals surface area contributed by atoms with E-state index in [-0.39, 0.29) is 28.1 Å². The van der Waals surface area contributed by atoms with Crippen LogP contribution < -0.4 is 10.0 Å². The normalized spacial score (nSPS) is 11.9. The zero-order chi connectivity index (χ0) is 26.6. The highest BCUT2D eigenvalue weighted by molar-refractivity contribution is 7.93. The number of aromatic nitrogens is 2. The monoisotopic (exact) mass is 515 g/mol. The predicted molar refractivity (Wildman–Crippen MR) is 135 cm³/mol. The quantitative estimate of drug-likeness (QED) is 0.322. The van der Waals surface area contributed by atoms with Crippen LogP contribution in [-0.2, 0) is 21.2 Å². The number of hydrogen-bond donors (Lipinski definition) is 3. The Morgan fingerprint density at radius 3 is 2.57 bits per heavy atom. The molecule has 0 unspecified atom stereocenters. The molecule has 0 radical (unpaired) electrons. The van der Waals surface area contributed by atoms with Crippen molar-refractivity contribution in [3.8, 4) is 6.07 Å². The van der Waals surface area contributed by atoms with Gasteiger partial charge >= 0.3 is 5.97 Å². The van der Waals surface area contributed by atoms with Gasteiger partial charge in [-0.15, -0.1) is 0 Å². The number of benzene rings is 3. The van der Waals surface area contributed by atoms with E-state index in [2.05, 4.69) is 20.0 Å². The van der Waals surface area contributed by atoms with Crippen molar-refractivity contribution in [2.24, 2.45) is 0 Å². The summed E-state index contributed by atoms with van der Waals surface area (Å²) in [6.07, 6.45) is 2.76. The number of amides is 1. The van der Waals surface area contributed by atoms with Gasteiger partial charge in [-0.3, -0.25) is 19.5 Å². The maximum Gasteiger partial charge on any atom is 0.326 e. The lowest BCUT2D eigenvalue weighted by Gasteiger charge is -2.18. The highest BCUT2D eigenvalue weighted by Gasteiger charge is 2.25. The average molecular weight is 516 g/mol. The maximum absolute atomic E-state index is 13.3. The van der Waals surface area contributed by atoms with Crippen LogP contribution in [0.2, 0.25) is 0 Å². The molecule has 0 aliphatic heterocycles. The second-order valence-electron chi connectivity index (χ2n) is 8.22. The standard InChI is InChI=1S/C26H21N5O5S/c1-16-8-9-19(25(32)30-22(26(33)34)14-17-4-2-5-18(13-17)15-27)21(12-16)31-37(35,36)23-7-3-6-20-24(23)29-11-10-28-20/h2-13,22,31H,14H2,1H3,(H,30,32)(H,33,34)/t22-/m0/s1. The number of carboxylic acid groups (broad SMARTS) is 1. The molecule has 0 aliphatic carbocycles. The van der Waals surface area contributed by atoms with Gasteiger partial charge in [0.15, 0.2) is 0 Å². The fraction of sp³-hybridized carbons (Fsp3) is 0.115. The minimum Gasteiger partial charge on any atom is -0.480 e. The van der Waals surface area contributed by atoms with Crippen LogP contribution in [0, 0.1) is 18.3 Å². The van der Waals surface area contributed by atoms with Gasteiger partial charge in [0.2, 0.25) is 0 Å². The number of rotatable bonds is 8. The van der Waals surface area contributed by atoms with E-state index in [1.165, 1.54) is 36.7 Å². The second-order valence-corrected chi connectivity index (χ2v) is 9.87. The van der Waals surface area contributed by atoms with Gasteiger partial charge in [-0.1, -0.05) is 24.3 Å². The number of anilines is 1. The lowest BCUT2D eigenvalue weighted by Crippen LogP contribution is -2.42. The first-order valence-electron chi connectivity index (χ1n) is 11.0. The van der Waals surface area contributed by atoms with Crippen molar-refractivity contribution in [3.63, 3.8) is 0 Å². The zero-order valence-electron chi connectivity index (χ0n) is 19.5. The highest BCUT2D eigenvalue weighted by atomic mass is 32.2. The molecule has 0 fully saturated rings. The Balaban J connectivity index is 1.64. The summed E-state index contributed by atoms with van der Waals surface area (Å²) >= 11 is 0. The van der Waals surface area contributed by atoms with Gasteiger partial charge in [-0.05, 0) is 54.4 Å². The zero-order valence-corrected chi connectivity index (χ0v) is 20.4. The van der Waals surface area contributed by atoms with E-state index in [1.807, 2.05) is 6.07 Å². The lowest BCUT2D eigenvalue weighted by molar-refractivity contribution is -0.139. The molecule has 11 heteroatoms. The minimum absolute atomic E-state index is 0.0194. The molecule has 37 heavy (non-hydrogen) atoms. The molecule has 4 aromatic rings. The average Bonchev–Trinajstić information content (AvgIpc) is 2.87. The first-order chi connectivity index (χ1) is 17.7. The van der Waals surface area contributed by atoms with E-state index in [0.29, 0.717) is 22.2 Å². The van der Waals surface area contributed by atoms with Gasteiger partial charge in [0.05, 0.1) is 28.4 Å². The molecule has 3 aromatic carbocycles. The molecule has 0 bridgehead atoms. The third-order valence-electron chi connectivity index (χ3n) is 5.51. The molecule has 186 valence electrons. The fourth-order valence-corrected chi connectivity index (χ4v) is 5.00. The number of nitriles is 1. The Hall–Kier alpha value is -4.82. The Morgan fingerprint density at radius 1 is 1.05 bits per heavy atom. The summed E-state index contributed by atoms with van der Waals surface area (Å²) in [5.74, 6) is -2.06. The predicted octanol–water partition coefficient (Wildman–Crippen LogP) is 3.04. The first-order valence-corrected chi connectivity index (χ1v) is 12.5. The number of nitrogens with zero attached hydrogens (tertiary/aromatic N) is 3. The summed E-state index contributed by atoms with van der Waals surface area (Å²) in [5, 5.41) is 21.2. The van der Waals surface area contributed by atoms with Crippen LogP contribution in [0.3, 0.4) is 0 Å². The molecule has 1 amide bonds. The van der Waals surface area contributed by atoms with Gasteiger partial charge in [0.25, 0.3) is 15.9 Å². The lowest BCUT2D eigenvalue weighted by atomic mass is 10.0. The summed E-state index contributed by atoms with van der Waals surface area (Å²) in [4.78, 5) is 33.2. The molecule has 0 aliphatic rings. The van der Waals surface area contributed by atoms with Crippen molar-refractivity contribution in [1.82, 2.24) is 15.3 Å². The van der Waals surface area contributed by atoms with Gasteiger partial charge in [-0.25, -0.2) is 13.2 Å². The van der Waals surface area contributed by atoms with Gasteiger partial charge in [0.1, 0.15) is 16.5 Å². The van der Waals surface area contributed by atoms with Crippen molar-refractivity contribution in [2.75, 3.05) is 4.72 Å². The molecule has 0 saturated heterocycles. The molecule has 0 saturated carbocycles. The number of para-hydroxylation sites is 1. The SMILES string of the molecule is Cc1ccc(C(=O)N[C@@H](Cc2cccc(C#N)c2)C(=O)O)c(NS(=O)(=O)c2cccc3nccnc23)c1. The van der Waals surface area contributed by atoms with Gasteiger partial charge in [0, 0.05) is 18.8 Å². The number of fused-ring (bicyclic) bond motifs is 1. The van der Waals surface area contributed by atoms with Crippen molar-refractivity contribution < 1.29 is 23.1 Å². The Labute approximate surface area is 212 Å². The number of aryl methyl sites for hydroxylation is 1. The number of nitrogens with one attached hydrogen (secondary N) is 2. The van der Waals surface area contributed by atoms with Crippen molar-refractivity contribution >= 4 is 38.6 Å². The number of carbonyl (C=O) groups is 2. The van der Waals surface area contributed by atoms with Crippen LogP contribution in [0.15, 0.2) is 78.0 Å². The van der Waals surface area contributed by atoms with E-state index >= 15 is 0 Å². The summed E-state index contributed by atoms with van der Waals surface area (Å²) in [6.45, 7) is 1.73. The third kappa shape index (κ3) is 5.71. The molecule has 3 N–H and O–H groups in total. The van der Waals surface area contributed by atoms with Crippen LogP contribution >= 0.6 is 0 Å². The maximum atomic E-state index is 13.3. The highest BCUT2D eigenvalue weighted by Crippen LogP contribution is 2.25. The molecule has 4 rings (SSSR count). The molecule has 0 spiro atoms. The smallest absolute Gasteiger partial charge is 0.326 e. The molecular formula is C26H21N5O5S. The Bertz CT molecular complexity index is 1660. The second kappa shape index (κ2) is 10.4. The summed E-state index contributed by atoms with van der Waals surface area (Å²) in [6, 6.07) is 16.1. The van der Waals surface area contributed by atoms with Crippen LogP contribution in [0.5, 0.6) is 0 Å². The van der Waals surface area contributed by atoms with Crippen LogP contribution in [0.1, 0.15) is 27.0 Å². The fourth-order valence-electron chi connectivity index (χ4n) is 3.76. The molecule has 1 heterocycles. The van der Waals surface area contributed by atoms with Gasteiger partial charge < -0.3 is 10.4 Å². The molecule has 10 nitrogen and oxygen atoms in total. The van der Waals surface area contributed by atoms with Gasteiger partial charge in [-0.2, -0.15) is 5.26 Å². The number of aliphatic carboxylic acids is 1. The summed E-state index contributed by atoms with van der Waals surface area (Å²) in [7, 11) is -4.19. The summed E-state index contributed by atoms with van der Waals surface area (Å²) in [5.41, 5.74) is 2.07. The van der Waals surface area contributed by atoms with Crippen LogP contribution in [0.4, 0.5) is 5.69 Å². The van der Waals surface area contributed by atoms with Crippen LogP contribution in [-0.4, -0.2) is 41.4 Å². The van der Waals surface area contributed by atoms with Crippen molar-refractivity contribution in [3.05, 3.63) is 95.3 Å². The third-order valence-corrected chi connectivity index (χ3v) is 6.91. The molecule has 1 atom stereocenters.